The van der Waals surface area contributed by atoms with Crippen molar-refractivity contribution in [3.05, 3.63) is 36.0 Å². The zero-order valence-corrected chi connectivity index (χ0v) is 16.7. The van der Waals surface area contributed by atoms with E-state index < -0.39 is 6.09 Å². The molecular formula is C21H25N3O5. The van der Waals surface area contributed by atoms with Crippen LogP contribution in [0.2, 0.25) is 0 Å². The van der Waals surface area contributed by atoms with Crippen LogP contribution < -0.4 is 20.1 Å². The molecule has 3 rings (SSSR count). The number of aromatic nitrogens is 1. The van der Waals surface area contributed by atoms with E-state index in [1.807, 2.05) is 38.1 Å². The monoisotopic (exact) mass is 399 g/mol. The Morgan fingerprint density at radius 1 is 1.28 bits per heavy atom. The van der Waals surface area contributed by atoms with Gasteiger partial charge < -0.3 is 25.2 Å². The normalized spacial score (nSPS) is 13.9. The molecule has 0 spiro atoms. The highest BCUT2D eigenvalue weighted by atomic mass is 16.5. The van der Waals surface area contributed by atoms with Crippen LogP contribution in [0.5, 0.6) is 11.5 Å². The number of fused-ring (bicyclic) bond motifs is 3. The summed E-state index contributed by atoms with van der Waals surface area (Å²) in [6, 6.07) is 7.36. The fraction of sp³-hybridized carbons (Fsp3) is 0.381. The van der Waals surface area contributed by atoms with Crippen molar-refractivity contribution in [2.75, 3.05) is 11.9 Å². The van der Waals surface area contributed by atoms with E-state index in [-0.39, 0.29) is 17.9 Å². The number of nitrogens with zero attached hydrogens (tertiary/aromatic N) is 1. The summed E-state index contributed by atoms with van der Waals surface area (Å²) in [4.78, 5) is 26.2. The van der Waals surface area contributed by atoms with Gasteiger partial charge in [-0.2, -0.15) is 0 Å². The third kappa shape index (κ3) is 5.37. The van der Waals surface area contributed by atoms with Gasteiger partial charge in [0.15, 0.2) is 0 Å². The molecule has 0 saturated heterocycles. The summed E-state index contributed by atoms with van der Waals surface area (Å²) in [5.74, 6) is 1.91. The average Bonchev–Trinajstić information content (AvgIpc) is 2.64. The van der Waals surface area contributed by atoms with Gasteiger partial charge in [0, 0.05) is 36.4 Å². The van der Waals surface area contributed by atoms with Gasteiger partial charge in [0.05, 0.1) is 6.61 Å². The van der Waals surface area contributed by atoms with Crippen molar-refractivity contribution in [1.82, 2.24) is 10.3 Å². The summed E-state index contributed by atoms with van der Waals surface area (Å²) in [6.45, 7) is 6.16. The number of carboxylic acid groups (broad SMARTS) is 1. The lowest BCUT2D eigenvalue weighted by atomic mass is 9.98. The maximum absolute atomic E-state index is 11.3. The molecule has 2 aromatic rings. The van der Waals surface area contributed by atoms with Crippen LogP contribution in [0.15, 0.2) is 30.5 Å². The Morgan fingerprint density at radius 3 is 2.79 bits per heavy atom. The lowest BCUT2D eigenvalue weighted by Gasteiger charge is -2.22. The lowest BCUT2D eigenvalue weighted by molar-refractivity contribution is -0.114. The summed E-state index contributed by atoms with van der Waals surface area (Å²) in [5, 5.41) is 13.9. The number of hydrogen-bond donors (Lipinski definition) is 3. The van der Waals surface area contributed by atoms with Crippen molar-refractivity contribution in [2.24, 2.45) is 5.92 Å². The van der Waals surface area contributed by atoms with E-state index in [1.165, 1.54) is 6.92 Å². The molecule has 2 atom stereocenters. The van der Waals surface area contributed by atoms with Gasteiger partial charge in [-0.05, 0) is 43.0 Å². The van der Waals surface area contributed by atoms with Crippen LogP contribution in [0, 0.1) is 5.92 Å². The highest BCUT2D eigenvalue weighted by molar-refractivity contribution is 5.89. The second-order valence-corrected chi connectivity index (χ2v) is 7.36. The van der Waals surface area contributed by atoms with Gasteiger partial charge in [0.2, 0.25) is 5.91 Å². The summed E-state index contributed by atoms with van der Waals surface area (Å²) >= 11 is 0. The molecule has 2 unspecified atom stereocenters. The molecule has 0 radical (unpaired) electrons. The number of ether oxygens (including phenoxy) is 2. The maximum Gasteiger partial charge on any atom is 0.404 e. The standard InChI is InChI=1S/C21H25N3O5/c1-12(6-13(2)23-21(26)27)10-28-16-4-5-17-18-8-20(24-14(3)25)22-9-15(18)11-29-19(17)7-16/h4-5,7-9,12-13,23H,6,10-11H2,1-3H3,(H,26,27)(H,22,24,25). The molecule has 8 nitrogen and oxygen atoms in total. The second-order valence-electron chi connectivity index (χ2n) is 7.36. The van der Waals surface area contributed by atoms with Crippen molar-refractivity contribution < 1.29 is 24.2 Å². The topological polar surface area (TPSA) is 110 Å². The van der Waals surface area contributed by atoms with Crippen LogP contribution in [0.25, 0.3) is 11.1 Å². The van der Waals surface area contributed by atoms with Gasteiger partial charge in [-0.1, -0.05) is 6.92 Å². The minimum Gasteiger partial charge on any atom is -0.493 e. The van der Waals surface area contributed by atoms with Crippen molar-refractivity contribution in [1.29, 1.82) is 0 Å². The minimum atomic E-state index is -1.02. The van der Waals surface area contributed by atoms with E-state index in [9.17, 15) is 9.59 Å². The molecule has 154 valence electrons. The van der Waals surface area contributed by atoms with Crippen molar-refractivity contribution in [3.8, 4) is 22.6 Å². The molecule has 1 aromatic carbocycles. The van der Waals surface area contributed by atoms with E-state index in [2.05, 4.69) is 15.6 Å². The van der Waals surface area contributed by atoms with Crippen molar-refractivity contribution in [2.45, 2.75) is 39.8 Å². The quantitative estimate of drug-likeness (QED) is 0.655. The van der Waals surface area contributed by atoms with Crippen LogP contribution >= 0.6 is 0 Å². The van der Waals surface area contributed by atoms with Crippen LogP contribution in [0.3, 0.4) is 0 Å². The highest BCUT2D eigenvalue weighted by Gasteiger charge is 2.20. The summed E-state index contributed by atoms with van der Waals surface area (Å²) in [5.41, 5.74) is 2.84. The molecule has 29 heavy (non-hydrogen) atoms. The Kier molecular flexibility index (Phi) is 6.21. The molecule has 3 N–H and O–H groups in total. The molecule has 0 aliphatic carbocycles. The largest absolute Gasteiger partial charge is 0.493 e. The van der Waals surface area contributed by atoms with E-state index in [4.69, 9.17) is 14.6 Å². The summed E-state index contributed by atoms with van der Waals surface area (Å²) in [6.07, 6.45) is 1.37. The number of rotatable bonds is 7. The minimum absolute atomic E-state index is 0.138. The molecule has 8 heteroatoms. The Morgan fingerprint density at radius 2 is 2.07 bits per heavy atom. The first-order chi connectivity index (χ1) is 13.8. The van der Waals surface area contributed by atoms with Gasteiger partial charge in [-0.25, -0.2) is 9.78 Å². The predicted octanol–water partition coefficient (Wildman–Crippen LogP) is 3.66. The fourth-order valence-corrected chi connectivity index (χ4v) is 3.37. The van der Waals surface area contributed by atoms with E-state index in [0.717, 1.165) is 16.7 Å². The summed E-state index contributed by atoms with van der Waals surface area (Å²) in [7, 11) is 0. The Labute approximate surface area is 169 Å². The number of carbonyl (C=O) groups is 2. The molecule has 2 heterocycles. The van der Waals surface area contributed by atoms with E-state index >= 15 is 0 Å². The maximum atomic E-state index is 11.3. The first kappa shape index (κ1) is 20.4. The molecule has 1 aromatic heterocycles. The Balaban J connectivity index is 1.67. The number of benzene rings is 1. The first-order valence-corrected chi connectivity index (χ1v) is 9.47. The highest BCUT2D eigenvalue weighted by Crippen LogP contribution is 2.40. The second kappa shape index (κ2) is 8.81. The van der Waals surface area contributed by atoms with E-state index in [0.29, 0.717) is 37.0 Å². The predicted molar refractivity (Wildman–Crippen MR) is 108 cm³/mol. The summed E-state index contributed by atoms with van der Waals surface area (Å²) < 4.78 is 11.7. The smallest absolute Gasteiger partial charge is 0.404 e. The van der Waals surface area contributed by atoms with Crippen LogP contribution in [0.1, 0.15) is 32.8 Å². The molecule has 1 aliphatic rings. The average molecular weight is 399 g/mol. The lowest BCUT2D eigenvalue weighted by Crippen LogP contribution is -2.33. The number of carbonyl (C=O) groups excluding carboxylic acids is 1. The molecule has 0 saturated carbocycles. The number of anilines is 1. The first-order valence-electron chi connectivity index (χ1n) is 9.47. The molecule has 0 fully saturated rings. The Hall–Kier alpha value is -3.29. The molecule has 2 amide bonds. The fourth-order valence-electron chi connectivity index (χ4n) is 3.37. The van der Waals surface area contributed by atoms with Crippen LogP contribution in [-0.2, 0) is 11.4 Å². The SMILES string of the molecule is CC(=O)Nc1cc2c(cn1)COc1cc(OCC(C)CC(C)NC(=O)O)ccc1-2. The zero-order valence-electron chi connectivity index (χ0n) is 16.7. The van der Waals surface area contributed by atoms with E-state index in [1.54, 1.807) is 6.20 Å². The van der Waals surface area contributed by atoms with Gasteiger partial charge in [0.25, 0.3) is 0 Å². The van der Waals surface area contributed by atoms with Crippen molar-refractivity contribution in [3.63, 3.8) is 0 Å². The number of hydrogen-bond acceptors (Lipinski definition) is 5. The van der Waals surface area contributed by atoms with Gasteiger partial charge in [-0.15, -0.1) is 0 Å². The number of pyridine rings is 1. The van der Waals surface area contributed by atoms with Crippen LogP contribution in [0.4, 0.5) is 10.6 Å². The van der Waals surface area contributed by atoms with Gasteiger partial charge in [0.1, 0.15) is 23.9 Å². The van der Waals surface area contributed by atoms with Crippen molar-refractivity contribution >= 4 is 17.8 Å². The molecular weight excluding hydrogens is 374 g/mol. The number of nitrogens with one attached hydrogen (secondary N) is 2. The molecule has 0 bridgehead atoms. The Bertz CT molecular complexity index is 915. The third-order valence-electron chi connectivity index (χ3n) is 4.58. The van der Waals surface area contributed by atoms with Gasteiger partial charge >= 0.3 is 6.09 Å². The zero-order chi connectivity index (χ0) is 21.0. The molecule has 1 aliphatic heterocycles. The van der Waals surface area contributed by atoms with Gasteiger partial charge in [-0.3, -0.25) is 4.79 Å². The third-order valence-corrected chi connectivity index (χ3v) is 4.58. The van der Waals surface area contributed by atoms with Crippen LogP contribution in [-0.4, -0.2) is 34.7 Å². The number of amides is 2.